The van der Waals surface area contributed by atoms with Crippen molar-refractivity contribution in [2.75, 3.05) is 19.1 Å². The number of methoxy groups -OCH3 is 1. The number of fused-ring (bicyclic) bond motifs is 1. The summed E-state index contributed by atoms with van der Waals surface area (Å²) >= 11 is 1.52. The number of ketones is 1. The minimum atomic E-state index is -0.554. The topological polar surface area (TPSA) is 81.9 Å². The molecule has 0 bridgehead atoms. The number of ether oxygens (including phenoxy) is 2. The van der Waals surface area contributed by atoms with E-state index in [1.807, 2.05) is 50.1 Å². The van der Waals surface area contributed by atoms with E-state index in [0.717, 1.165) is 21.7 Å². The van der Waals surface area contributed by atoms with Crippen molar-refractivity contribution in [1.29, 1.82) is 0 Å². The lowest BCUT2D eigenvalue weighted by atomic mass is 10.0. The van der Waals surface area contributed by atoms with Crippen LogP contribution in [0.15, 0.2) is 75.2 Å². The van der Waals surface area contributed by atoms with Gasteiger partial charge in [0, 0.05) is 23.6 Å². The van der Waals surface area contributed by atoms with Gasteiger partial charge in [0.2, 0.25) is 5.78 Å². The number of hydrogen-bond acceptors (Lipinski definition) is 7. The Hall–Kier alpha value is -3.00. The molecule has 0 aromatic heterocycles. The average Bonchev–Trinajstić information content (AvgIpc) is 2.99. The highest BCUT2D eigenvalue weighted by atomic mass is 32.2. The molecule has 0 amide bonds. The predicted octanol–water partition coefficient (Wildman–Crippen LogP) is 4.02. The molecule has 146 valence electrons. The first-order valence-electron chi connectivity index (χ1n) is 8.61. The van der Waals surface area contributed by atoms with E-state index in [9.17, 15) is 14.9 Å². The van der Waals surface area contributed by atoms with Crippen LogP contribution in [-0.4, -0.2) is 31.0 Å². The predicted molar refractivity (Wildman–Crippen MR) is 107 cm³/mol. The van der Waals surface area contributed by atoms with E-state index in [2.05, 4.69) is 0 Å². The first-order chi connectivity index (χ1) is 13.3. The Morgan fingerprint density at radius 1 is 1.29 bits per heavy atom. The fraction of sp³-hybridized carbons (Fsp3) is 0.250. The summed E-state index contributed by atoms with van der Waals surface area (Å²) in [7, 11) is 3.23. The molecule has 2 aliphatic rings. The van der Waals surface area contributed by atoms with Gasteiger partial charge in [0.25, 0.3) is 5.70 Å². The average molecular weight is 400 g/mol. The van der Waals surface area contributed by atoms with Crippen molar-refractivity contribution in [3.05, 3.63) is 80.4 Å². The van der Waals surface area contributed by atoms with Gasteiger partial charge in [-0.05, 0) is 32.1 Å². The molecule has 0 unspecified atom stereocenters. The van der Waals surface area contributed by atoms with Crippen LogP contribution < -0.4 is 4.90 Å². The molecule has 0 saturated heterocycles. The number of para-hydroxylation sites is 1. The number of hydrogen-bond donors (Lipinski definition) is 0. The molecule has 0 N–H and O–H groups in total. The Morgan fingerprint density at radius 2 is 2.00 bits per heavy atom. The van der Waals surface area contributed by atoms with Gasteiger partial charge in [0.05, 0.1) is 29.9 Å². The summed E-state index contributed by atoms with van der Waals surface area (Å²) < 4.78 is 11.0. The Bertz CT molecular complexity index is 959. The second kappa shape index (κ2) is 7.93. The number of nitro groups is 1. The van der Waals surface area contributed by atoms with Crippen molar-refractivity contribution in [1.82, 2.24) is 0 Å². The van der Waals surface area contributed by atoms with E-state index >= 15 is 0 Å². The second-order valence-electron chi connectivity index (χ2n) is 6.43. The highest BCUT2D eigenvalue weighted by molar-refractivity contribution is 8.03. The lowest BCUT2D eigenvalue weighted by Gasteiger charge is -2.20. The van der Waals surface area contributed by atoms with Gasteiger partial charge in [-0.1, -0.05) is 23.9 Å². The molecule has 8 heteroatoms. The number of allylic oxidation sites excluding steroid dienone is 4. The third kappa shape index (κ3) is 3.82. The number of nitrogens with zero attached hydrogens (tertiary/aromatic N) is 2. The number of carbonyl (C=O) groups is 1. The van der Waals surface area contributed by atoms with Gasteiger partial charge >= 0.3 is 0 Å². The Labute approximate surface area is 167 Å². The number of Topliss-reactive ketones (excluding diaryl/α,β-unsaturated/α-hetero) is 1. The summed E-state index contributed by atoms with van der Waals surface area (Å²) in [4.78, 5) is 26.4. The molecule has 1 aromatic rings. The van der Waals surface area contributed by atoms with Crippen LogP contribution in [0.1, 0.15) is 13.8 Å². The summed E-state index contributed by atoms with van der Waals surface area (Å²) in [6, 6.07) is 7.91. The monoisotopic (exact) mass is 400 g/mol. The molecular weight excluding hydrogens is 380 g/mol. The van der Waals surface area contributed by atoms with Crippen LogP contribution in [-0.2, 0) is 14.3 Å². The normalized spacial score (nSPS) is 19.4. The number of anilines is 1. The summed E-state index contributed by atoms with van der Waals surface area (Å²) in [6.07, 6.45) is 3.76. The highest BCUT2D eigenvalue weighted by Crippen LogP contribution is 2.46. The van der Waals surface area contributed by atoms with Crippen LogP contribution in [0.5, 0.6) is 0 Å². The summed E-state index contributed by atoms with van der Waals surface area (Å²) in [5, 5.41) is 12.0. The van der Waals surface area contributed by atoms with Gasteiger partial charge in [-0.2, -0.15) is 0 Å². The third-order valence-electron chi connectivity index (χ3n) is 4.10. The van der Waals surface area contributed by atoms with E-state index in [0.29, 0.717) is 5.76 Å². The van der Waals surface area contributed by atoms with Crippen LogP contribution >= 0.6 is 11.8 Å². The lowest BCUT2D eigenvalue weighted by Crippen LogP contribution is -2.17. The molecule has 3 rings (SSSR count). The molecule has 1 aliphatic carbocycles. The number of rotatable bonds is 5. The Balaban J connectivity index is 2.10. The standard InChI is InChI=1S/C20H20N2O5S/c1-12(2)27-17(20-21(3)15-7-5-6-8-18(15)28-20)10-13-9-14(22(24)25)11-16(26-4)19(13)23/h5-12H,1-4H3/b13-10-,20-17-. The molecule has 1 aromatic carbocycles. The molecular formula is C20H20N2O5S. The van der Waals surface area contributed by atoms with Crippen molar-refractivity contribution in [3.8, 4) is 0 Å². The second-order valence-corrected chi connectivity index (χ2v) is 7.46. The summed E-state index contributed by atoms with van der Waals surface area (Å²) in [5.74, 6) is -0.0369. The van der Waals surface area contributed by atoms with Crippen molar-refractivity contribution < 1.29 is 19.2 Å². The number of carbonyl (C=O) groups excluding carboxylic acids is 1. The zero-order valence-corrected chi connectivity index (χ0v) is 16.8. The first kappa shape index (κ1) is 19.8. The van der Waals surface area contributed by atoms with Crippen molar-refractivity contribution in [2.24, 2.45) is 0 Å². The third-order valence-corrected chi connectivity index (χ3v) is 5.33. The number of thioether (sulfide) groups is 1. The largest absolute Gasteiger partial charge is 0.492 e. The molecule has 0 radical (unpaired) electrons. The minimum Gasteiger partial charge on any atom is -0.492 e. The smallest absolute Gasteiger partial charge is 0.274 e. The maximum Gasteiger partial charge on any atom is 0.274 e. The summed E-state index contributed by atoms with van der Waals surface area (Å²) in [5.41, 5.74) is 0.950. The van der Waals surface area contributed by atoms with Crippen molar-refractivity contribution in [2.45, 2.75) is 24.8 Å². The highest BCUT2D eigenvalue weighted by Gasteiger charge is 2.29. The quantitative estimate of drug-likeness (QED) is 0.319. The van der Waals surface area contributed by atoms with Gasteiger partial charge in [-0.15, -0.1) is 0 Å². The van der Waals surface area contributed by atoms with Gasteiger partial charge in [0.15, 0.2) is 11.5 Å². The van der Waals surface area contributed by atoms with Crippen LogP contribution in [0, 0.1) is 10.1 Å². The molecule has 1 heterocycles. The fourth-order valence-corrected chi connectivity index (χ4v) is 3.94. The minimum absolute atomic E-state index is 0.0786. The van der Waals surface area contributed by atoms with Gasteiger partial charge in [-0.25, -0.2) is 0 Å². The zero-order valence-electron chi connectivity index (χ0n) is 16.0. The SMILES string of the molecule is COC1=CC([N+](=O)[O-])=C/C(=C/C(OC(C)C)=C2/Sc3ccccc3N2C)C1=O. The van der Waals surface area contributed by atoms with E-state index in [1.165, 1.54) is 24.9 Å². The first-order valence-corrected chi connectivity index (χ1v) is 9.43. The van der Waals surface area contributed by atoms with Crippen molar-refractivity contribution >= 4 is 23.2 Å². The van der Waals surface area contributed by atoms with Crippen molar-refractivity contribution in [3.63, 3.8) is 0 Å². The van der Waals surface area contributed by atoms with E-state index in [-0.39, 0.29) is 23.1 Å². The zero-order chi connectivity index (χ0) is 20.4. The fourth-order valence-electron chi connectivity index (χ4n) is 2.83. The summed E-state index contributed by atoms with van der Waals surface area (Å²) in [6.45, 7) is 3.76. The molecule has 7 nitrogen and oxygen atoms in total. The van der Waals surface area contributed by atoms with Crippen LogP contribution in [0.25, 0.3) is 0 Å². The molecule has 0 atom stereocenters. The molecule has 0 saturated carbocycles. The lowest BCUT2D eigenvalue weighted by molar-refractivity contribution is -0.419. The number of benzene rings is 1. The van der Waals surface area contributed by atoms with Crippen LogP contribution in [0.3, 0.4) is 0 Å². The molecule has 28 heavy (non-hydrogen) atoms. The molecule has 0 fully saturated rings. The van der Waals surface area contributed by atoms with Gasteiger partial charge in [0.1, 0.15) is 5.03 Å². The molecule has 1 aliphatic heterocycles. The molecule has 0 spiro atoms. The maximum absolute atomic E-state index is 12.6. The Morgan fingerprint density at radius 3 is 2.61 bits per heavy atom. The van der Waals surface area contributed by atoms with E-state index in [4.69, 9.17) is 9.47 Å². The van der Waals surface area contributed by atoms with Gasteiger partial charge in [-0.3, -0.25) is 14.9 Å². The van der Waals surface area contributed by atoms with E-state index in [1.54, 1.807) is 6.08 Å². The maximum atomic E-state index is 12.6. The van der Waals surface area contributed by atoms with Gasteiger partial charge < -0.3 is 14.4 Å². The van der Waals surface area contributed by atoms with Crippen LogP contribution in [0.2, 0.25) is 0 Å². The Kier molecular flexibility index (Phi) is 5.60. The van der Waals surface area contributed by atoms with Crippen LogP contribution in [0.4, 0.5) is 5.69 Å². The van der Waals surface area contributed by atoms with E-state index < -0.39 is 10.7 Å².